The van der Waals surface area contributed by atoms with Gasteiger partial charge < -0.3 is 4.90 Å². The van der Waals surface area contributed by atoms with E-state index in [4.69, 9.17) is 0 Å². The lowest BCUT2D eigenvalue weighted by Crippen LogP contribution is -2.36. The molecular formula is C19H36N3+. The Hall–Kier alpha value is -0.700. The number of likely N-dealkylation sites (tertiary alicyclic amines) is 1. The zero-order valence-electron chi connectivity index (χ0n) is 15.2. The van der Waals surface area contributed by atoms with Crippen molar-refractivity contribution in [2.75, 3.05) is 26.2 Å². The SMILES string of the molecule is CC(C)CCCCN1CCC(C[N+]2=CC(C(C)C)C=N2)CC1. The van der Waals surface area contributed by atoms with Gasteiger partial charge in [-0.2, -0.15) is 0 Å². The Balaban J connectivity index is 1.61. The molecule has 1 unspecified atom stereocenters. The molecule has 0 aromatic heterocycles. The molecule has 0 N–H and O–H groups in total. The first kappa shape index (κ1) is 17.7. The van der Waals surface area contributed by atoms with Gasteiger partial charge in [0.25, 0.3) is 0 Å². The number of hydrogen-bond acceptors (Lipinski definition) is 2. The number of unbranched alkanes of at least 4 members (excludes halogenated alkanes) is 1. The van der Waals surface area contributed by atoms with Crippen molar-refractivity contribution in [2.24, 2.45) is 28.8 Å². The lowest BCUT2D eigenvalue weighted by atomic mass is 9.96. The molecule has 0 bridgehead atoms. The molecule has 22 heavy (non-hydrogen) atoms. The summed E-state index contributed by atoms with van der Waals surface area (Å²) in [4.78, 5) is 2.67. The highest BCUT2D eigenvalue weighted by Crippen LogP contribution is 2.19. The van der Waals surface area contributed by atoms with Crippen LogP contribution in [0.15, 0.2) is 5.10 Å². The topological polar surface area (TPSA) is 18.6 Å². The van der Waals surface area contributed by atoms with Crippen molar-refractivity contribution < 1.29 is 4.68 Å². The van der Waals surface area contributed by atoms with Crippen LogP contribution in [0.3, 0.4) is 0 Å². The maximum absolute atomic E-state index is 4.57. The summed E-state index contributed by atoms with van der Waals surface area (Å²) in [5.74, 6) is 2.89. The fourth-order valence-electron chi connectivity index (χ4n) is 3.44. The fourth-order valence-corrected chi connectivity index (χ4v) is 3.44. The Morgan fingerprint density at radius 2 is 1.86 bits per heavy atom. The minimum atomic E-state index is 0.543. The first-order chi connectivity index (χ1) is 10.5. The average molecular weight is 307 g/mol. The highest BCUT2D eigenvalue weighted by atomic mass is 15.4. The van der Waals surface area contributed by atoms with Gasteiger partial charge in [0.15, 0.2) is 12.8 Å². The van der Waals surface area contributed by atoms with Gasteiger partial charge in [-0.1, -0.05) is 45.2 Å². The van der Waals surface area contributed by atoms with Crippen LogP contribution in [0.1, 0.15) is 59.8 Å². The van der Waals surface area contributed by atoms with Crippen LogP contribution in [0, 0.1) is 23.7 Å². The third-order valence-electron chi connectivity index (χ3n) is 5.16. The first-order valence-corrected chi connectivity index (χ1v) is 9.42. The molecule has 126 valence electrons. The second kappa shape index (κ2) is 8.81. The van der Waals surface area contributed by atoms with Crippen molar-refractivity contribution in [3.63, 3.8) is 0 Å². The summed E-state index contributed by atoms with van der Waals surface area (Å²) in [7, 11) is 0. The molecule has 0 radical (unpaired) electrons. The normalized spacial score (nSPS) is 23.7. The van der Waals surface area contributed by atoms with E-state index < -0.39 is 0 Å². The maximum atomic E-state index is 4.57. The third kappa shape index (κ3) is 5.83. The summed E-state index contributed by atoms with van der Waals surface area (Å²) in [6.07, 6.45) is 11.3. The monoisotopic (exact) mass is 306 g/mol. The predicted molar refractivity (Wildman–Crippen MR) is 95.9 cm³/mol. The predicted octanol–water partition coefficient (Wildman–Crippen LogP) is 3.88. The van der Waals surface area contributed by atoms with Gasteiger partial charge in [-0.05, 0) is 55.8 Å². The molecule has 0 aliphatic carbocycles. The van der Waals surface area contributed by atoms with Crippen LogP contribution in [0.5, 0.6) is 0 Å². The Bertz CT molecular complexity index is 376. The second-order valence-electron chi connectivity index (χ2n) is 8.03. The van der Waals surface area contributed by atoms with Crippen molar-refractivity contribution in [2.45, 2.75) is 59.8 Å². The zero-order valence-corrected chi connectivity index (χ0v) is 15.2. The quantitative estimate of drug-likeness (QED) is 0.492. The second-order valence-corrected chi connectivity index (χ2v) is 8.03. The molecule has 1 atom stereocenters. The summed E-state index contributed by atoms with van der Waals surface area (Å²) in [6.45, 7) is 14.2. The molecule has 1 saturated heterocycles. The van der Waals surface area contributed by atoms with E-state index in [0.29, 0.717) is 11.8 Å². The number of hydrogen-bond donors (Lipinski definition) is 0. The van der Waals surface area contributed by atoms with Crippen LogP contribution in [0.2, 0.25) is 0 Å². The Labute approximate surface area is 137 Å². The van der Waals surface area contributed by atoms with E-state index in [2.05, 4.69) is 54.8 Å². The molecule has 0 spiro atoms. The summed E-state index contributed by atoms with van der Waals surface area (Å²) in [6, 6.07) is 0. The van der Waals surface area contributed by atoms with Gasteiger partial charge in [0.05, 0.1) is 12.1 Å². The number of rotatable bonds is 8. The molecule has 2 aliphatic rings. The molecule has 0 amide bonds. The van der Waals surface area contributed by atoms with Crippen LogP contribution in [-0.4, -0.2) is 48.2 Å². The lowest BCUT2D eigenvalue weighted by Gasteiger charge is -2.30. The number of hydrazone groups is 1. The van der Waals surface area contributed by atoms with Gasteiger partial charge in [0.1, 0.15) is 0 Å². The molecule has 2 aliphatic heterocycles. The van der Waals surface area contributed by atoms with Gasteiger partial charge in [0.2, 0.25) is 0 Å². The molecule has 1 fully saturated rings. The molecule has 3 heteroatoms. The van der Waals surface area contributed by atoms with Crippen LogP contribution in [0.25, 0.3) is 0 Å². The van der Waals surface area contributed by atoms with Crippen molar-refractivity contribution >= 4 is 12.4 Å². The minimum absolute atomic E-state index is 0.543. The Morgan fingerprint density at radius 3 is 2.45 bits per heavy atom. The van der Waals surface area contributed by atoms with E-state index in [9.17, 15) is 0 Å². The fraction of sp³-hybridized carbons (Fsp3) is 0.895. The van der Waals surface area contributed by atoms with Gasteiger partial charge in [-0.15, -0.1) is 0 Å². The van der Waals surface area contributed by atoms with E-state index in [-0.39, 0.29) is 0 Å². The molecule has 2 rings (SSSR count). The molecule has 0 saturated carbocycles. The molecular weight excluding hydrogens is 270 g/mol. The van der Waals surface area contributed by atoms with Crippen LogP contribution in [-0.2, 0) is 0 Å². The van der Waals surface area contributed by atoms with Gasteiger partial charge in [-0.3, -0.25) is 0 Å². The van der Waals surface area contributed by atoms with E-state index >= 15 is 0 Å². The molecule has 3 nitrogen and oxygen atoms in total. The first-order valence-electron chi connectivity index (χ1n) is 9.42. The third-order valence-corrected chi connectivity index (χ3v) is 5.16. The summed E-state index contributed by atoms with van der Waals surface area (Å²) >= 11 is 0. The van der Waals surface area contributed by atoms with Gasteiger partial charge >= 0.3 is 0 Å². The highest BCUT2D eigenvalue weighted by Gasteiger charge is 2.27. The van der Waals surface area contributed by atoms with E-state index in [1.165, 1.54) is 51.7 Å². The van der Waals surface area contributed by atoms with E-state index in [1.54, 1.807) is 0 Å². The highest BCUT2D eigenvalue weighted by molar-refractivity contribution is 5.83. The molecule has 0 aromatic rings. The van der Waals surface area contributed by atoms with E-state index in [0.717, 1.165) is 18.4 Å². The van der Waals surface area contributed by atoms with Crippen molar-refractivity contribution in [1.29, 1.82) is 0 Å². The summed E-state index contributed by atoms with van der Waals surface area (Å²) < 4.78 is 2.20. The van der Waals surface area contributed by atoms with Crippen molar-refractivity contribution in [1.82, 2.24) is 4.90 Å². The van der Waals surface area contributed by atoms with Crippen LogP contribution >= 0.6 is 0 Å². The van der Waals surface area contributed by atoms with Crippen molar-refractivity contribution in [3.05, 3.63) is 0 Å². The van der Waals surface area contributed by atoms with Crippen LogP contribution < -0.4 is 0 Å². The Morgan fingerprint density at radius 1 is 1.14 bits per heavy atom. The average Bonchev–Trinajstić information content (AvgIpc) is 2.94. The lowest BCUT2D eigenvalue weighted by molar-refractivity contribution is -0.534. The Kier molecular flexibility index (Phi) is 7.07. The van der Waals surface area contributed by atoms with Crippen molar-refractivity contribution in [3.8, 4) is 0 Å². The maximum Gasteiger partial charge on any atom is 0.181 e. The molecule has 2 heterocycles. The standard InChI is InChI=1S/C19H36N3/c1-16(2)7-5-6-10-21-11-8-18(9-12-21)14-22-15-19(13-20-22)17(3)4/h13,15-19H,5-12,14H2,1-4H3/q+1. The summed E-state index contributed by atoms with van der Waals surface area (Å²) in [5.41, 5.74) is 0. The smallest absolute Gasteiger partial charge is 0.181 e. The summed E-state index contributed by atoms with van der Waals surface area (Å²) in [5, 5.41) is 4.57. The van der Waals surface area contributed by atoms with Crippen LogP contribution in [0.4, 0.5) is 0 Å². The number of piperidine rings is 1. The van der Waals surface area contributed by atoms with E-state index in [1.807, 2.05) is 0 Å². The minimum Gasteiger partial charge on any atom is -0.303 e. The zero-order chi connectivity index (χ0) is 15.9. The largest absolute Gasteiger partial charge is 0.303 e. The van der Waals surface area contributed by atoms with Gasteiger partial charge in [-0.25, -0.2) is 0 Å². The van der Waals surface area contributed by atoms with Gasteiger partial charge in [0, 0.05) is 5.92 Å². The number of nitrogens with zero attached hydrogens (tertiary/aromatic N) is 3. The molecule has 0 aromatic carbocycles.